The summed E-state index contributed by atoms with van der Waals surface area (Å²) >= 11 is 0. The molecule has 0 bridgehead atoms. The van der Waals surface area contributed by atoms with Crippen molar-refractivity contribution < 1.29 is 9.21 Å². The SMILES string of the molecule is CCc1ccc(C(=O)NC2(C)CCNC2)o1. The predicted octanol–water partition coefficient (Wildman–Crippen LogP) is 1.32. The molecule has 1 aromatic rings. The molecule has 0 spiro atoms. The van der Waals surface area contributed by atoms with Crippen LogP contribution in [0.5, 0.6) is 0 Å². The van der Waals surface area contributed by atoms with Gasteiger partial charge in [0.15, 0.2) is 5.76 Å². The predicted molar refractivity (Wildman–Crippen MR) is 61.4 cm³/mol. The molecule has 0 aromatic carbocycles. The number of hydrogen-bond donors (Lipinski definition) is 2. The zero-order chi connectivity index (χ0) is 11.6. The van der Waals surface area contributed by atoms with Crippen LogP contribution in [-0.2, 0) is 6.42 Å². The van der Waals surface area contributed by atoms with Crippen LogP contribution in [0.2, 0.25) is 0 Å². The fraction of sp³-hybridized carbons (Fsp3) is 0.583. The van der Waals surface area contributed by atoms with Gasteiger partial charge in [0.2, 0.25) is 0 Å². The molecule has 2 heterocycles. The van der Waals surface area contributed by atoms with E-state index in [1.54, 1.807) is 6.07 Å². The largest absolute Gasteiger partial charge is 0.456 e. The van der Waals surface area contributed by atoms with Crippen molar-refractivity contribution in [1.82, 2.24) is 10.6 Å². The Morgan fingerprint density at radius 3 is 3.00 bits per heavy atom. The van der Waals surface area contributed by atoms with Gasteiger partial charge in [-0.25, -0.2) is 0 Å². The van der Waals surface area contributed by atoms with Crippen LogP contribution < -0.4 is 10.6 Å². The highest BCUT2D eigenvalue weighted by molar-refractivity contribution is 5.92. The third-order valence-electron chi connectivity index (χ3n) is 3.02. The highest BCUT2D eigenvalue weighted by Crippen LogP contribution is 2.15. The summed E-state index contributed by atoms with van der Waals surface area (Å²) in [5.74, 6) is 1.13. The summed E-state index contributed by atoms with van der Waals surface area (Å²) in [6.07, 6.45) is 1.77. The molecule has 2 N–H and O–H groups in total. The molecule has 0 aliphatic carbocycles. The lowest BCUT2D eigenvalue weighted by molar-refractivity contribution is 0.0883. The number of amides is 1. The summed E-state index contributed by atoms with van der Waals surface area (Å²) in [7, 11) is 0. The van der Waals surface area contributed by atoms with Gasteiger partial charge in [0, 0.05) is 13.0 Å². The lowest BCUT2D eigenvalue weighted by Crippen LogP contribution is -2.47. The van der Waals surface area contributed by atoms with Gasteiger partial charge in [-0.3, -0.25) is 4.79 Å². The maximum Gasteiger partial charge on any atom is 0.287 e. The number of furan rings is 1. The average Bonchev–Trinajstić information content (AvgIpc) is 2.86. The topological polar surface area (TPSA) is 54.3 Å². The first kappa shape index (κ1) is 11.2. The molecule has 1 unspecified atom stereocenters. The van der Waals surface area contributed by atoms with Gasteiger partial charge in [-0.1, -0.05) is 6.92 Å². The Hall–Kier alpha value is -1.29. The van der Waals surface area contributed by atoms with Crippen molar-refractivity contribution in [2.24, 2.45) is 0 Å². The molecule has 4 heteroatoms. The molecular weight excluding hydrogens is 204 g/mol. The van der Waals surface area contributed by atoms with Gasteiger partial charge >= 0.3 is 0 Å². The quantitative estimate of drug-likeness (QED) is 0.811. The summed E-state index contributed by atoms with van der Waals surface area (Å²) in [5, 5.41) is 6.25. The maximum absolute atomic E-state index is 11.9. The number of rotatable bonds is 3. The van der Waals surface area contributed by atoms with E-state index in [1.165, 1.54) is 0 Å². The van der Waals surface area contributed by atoms with Crippen molar-refractivity contribution in [3.8, 4) is 0 Å². The number of aryl methyl sites for hydroxylation is 1. The Kier molecular flexibility index (Phi) is 3.01. The lowest BCUT2D eigenvalue weighted by atomic mass is 10.0. The van der Waals surface area contributed by atoms with Crippen LogP contribution >= 0.6 is 0 Å². The van der Waals surface area contributed by atoms with Crippen molar-refractivity contribution in [3.63, 3.8) is 0 Å². The maximum atomic E-state index is 11.9. The van der Waals surface area contributed by atoms with Gasteiger partial charge in [-0.15, -0.1) is 0 Å². The molecule has 1 aromatic heterocycles. The highest BCUT2D eigenvalue weighted by atomic mass is 16.3. The molecule has 88 valence electrons. The molecule has 0 radical (unpaired) electrons. The van der Waals surface area contributed by atoms with E-state index in [2.05, 4.69) is 17.6 Å². The van der Waals surface area contributed by atoms with Crippen molar-refractivity contribution >= 4 is 5.91 Å². The standard InChI is InChI=1S/C12H18N2O2/c1-3-9-4-5-10(16-9)11(15)14-12(2)6-7-13-8-12/h4-5,13H,3,6-8H2,1-2H3,(H,14,15). The molecule has 2 rings (SSSR count). The van der Waals surface area contributed by atoms with E-state index in [9.17, 15) is 4.79 Å². The molecule has 1 saturated heterocycles. The van der Waals surface area contributed by atoms with E-state index in [0.717, 1.165) is 31.7 Å². The first-order valence-corrected chi connectivity index (χ1v) is 5.75. The molecule has 4 nitrogen and oxygen atoms in total. The van der Waals surface area contributed by atoms with Gasteiger partial charge in [-0.2, -0.15) is 0 Å². The molecule has 1 aliphatic rings. The first-order valence-electron chi connectivity index (χ1n) is 5.75. The van der Waals surface area contributed by atoms with E-state index < -0.39 is 0 Å². The molecule has 1 amide bonds. The summed E-state index contributed by atoms with van der Waals surface area (Å²) in [5.41, 5.74) is -0.143. The molecule has 1 atom stereocenters. The summed E-state index contributed by atoms with van der Waals surface area (Å²) in [4.78, 5) is 11.9. The molecule has 16 heavy (non-hydrogen) atoms. The smallest absolute Gasteiger partial charge is 0.287 e. The van der Waals surface area contributed by atoms with Gasteiger partial charge < -0.3 is 15.1 Å². The monoisotopic (exact) mass is 222 g/mol. The van der Waals surface area contributed by atoms with E-state index in [-0.39, 0.29) is 11.4 Å². The van der Waals surface area contributed by atoms with Gasteiger partial charge in [0.1, 0.15) is 5.76 Å². The minimum Gasteiger partial charge on any atom is -0.456 e. The van der Waals surface area contributed by atoms with Crippen LogP contribution in [0, 0.1) is 0 Å². The van der Waals surface area contributed by atoms with Crippen LogP contribution in [0.15, 0.2) is 16.5 Å². The Balaban J connectivity index is 2.02. The van der Waals surface area contributed by atoms with Crippen LogP contribution in [0.1, 0.15) is 36.6 Å². The van der Waals surface area contributed by atoms with Crippen molar-refractivity contribution in [2.45, 2.75) is 32.2 Å². The molecule has 0 saturated carbocycles. The van der Waals surface area contributed by atoms with Crippen molar-refractivity contribution in [2.75, 3.05) is 13.1 Å². The average molecular weight is 222 g/mol. The third kappa shape index (κ3) is 2.27. The van der Waals surface area contributed by atoms with Crippen LogP contribution in [0.3, 0.4) is 0 Å². The second-order valence-corrected chi connectivity index (χ2v) is 4.56. The second kappa shape index (κ2) is 4.29. The zero-order valence-electron chi connectivity index (χ0n) is 9.80. The van der Waals surface area contributed by atoms with Gasteiger partial charge in [-0.05, 0) is 32.0 Å². The zero-order valence-corrected chi connectivity index (χ0v) is 9.80. The summed E-state index contributed by atoms with van der Waals surface area (Å²) in [6.45, 7) is 5.83. The number of carbonyl (C=O) groups is 1. The fourth-order valence-corrected chi connectivity index (χ4v) is 1.95. The minimum atomic E-state index is -0.143. The lowest BCUT2D eigenvalue weighted by Gasteiger charge is -2.23. The van der Waals surface area contributed by atoms with Crippen molar-refractivity contribution in [1.29, 1.82) is 0 Å². The normalized spacial score (nSPS) is 24.6. The van der Waals surface area contributed by atoms with E-state index in [0.29, 0.717) is 5.76 Å². The number of nitrogens with one attached hydrogen (secondary N) is 2. The molecular formula is C12H18N2O2. The Morgan fingerprint density at radius 1 is 1.62 bits per heavy atom. The van der Waals surface area contributed by atoms with E-state index in [1.807, 2.05) is 13.0 Å². The minimum absolute atomic E-state index is 0.120. The molecule has 1 aliphatic heterocycles. The first-order chi connectivity index (χ1) is 7.63. The van der Waals surface area contributed by atoms with E-state index in [4.69, 9.17) is 4.42 Å². The number of carbonyl (C=O) groups excluding carboxylic acids is 1. The van der Waals surface area contributed by atoms with Crippen molar-refractivity contribution in [3.05, 3.63) is 23.7 Å². The van der Waals surface area contributed by atoms with Crippen LogP contribution in [0.4, 0.5) is 0 Å². The van der Waals surface area contributed by atoms with Crippen LogP contribution in [0.25, 0.3) is 0 Å². The second-order valence-electron chi connectivity index (χ2n) is 4.56. The number of hydrogen-bond acceptors (Lipinski definition) is 3. The van der Waals surface area contributed by atoms with Crippen LogP contribution in [-0.4, -0.2) is 24.5 Å². The Morgan fingerprint density at radius 2 is 2.44 bits per heavy atom. The summed E-state index contributed by atoms with van der Waals surface area (Å²) in [6, 6.07) is 3.59. The van der Waals surface area contributed by atoms with Gasteiger partial charge in [0.25, 0.3) is 5.91 Å². The molecule has 1 fully saturated rings. The fourth-order valence-electron chi connectivity index (χ4n) is 1.95. The summed E-state index contributed by atoms with van der Waals surface area (Å²) < 4.78 is 5.42. The Bertz CT molecular complexity index is 378. The highest BCUT2D eigenvalue weighted by Gasteiger charge is 2.31. The Labute approximate surface area is 95.4 Å². The van der Waals surface area contributed by atoms with E-state index >= 15 is 0 Å². The van der Waals surface area contributed by atoms with Gasteiger partial charge in [0.05, 0.1) is 5.54 Å². The third-order valence-corrected chi connectivity index (χ3v) is 3.02.